The van der Waals surface area contributed by atoms with Crippen LogP contribution in [-0.2, 0) is 9.53 Å². The van der Waals surface area contributed by atoms with Crippen LogP contribution in [0.5, 0.6) is 0 Å². The first kappa shape index (κ1) is 9.52. The highest BCUT2D eigenvalue weighted by molar-refractivity contribution is 5.84. The molecule has 0 aliphatic heterocycles. The van der Waals surface area contributed by atoms with Crippen LogP contribution in [-0.4, -0.2) is 18.1 Å². The summed E-state index contributed by atoms with van der Waals surface area (Å²) in [6.45, 7) is 6.38. The van der Waals surface area contributed by atoms with Crippen molar-refractivity contribution < 1.29 is 9.53 Å². The molecule has 0 radical (unpaired) electrons. The fourth-order valence-corrected chi connectivity index (χ4v) is 1.64. The van der Waals surface area contributed by atoms with E-state index in [9.17, 15) is 4.79 Å². The van der Waals surface area contributed by atoms with Gasteiger partial charge in [0.2, 0.25) is 0 Å². The molecule has 3 nitrogen and oxygen atoms in total. The number of hydrogen-bond acceptors (Lipinski definition) is 3. The zero-order valence-corrected chi connectivity index (χ0v) is 7.96. The van der Waals surface area contributed by atoms with Crippen LogP contribution in [0, 0.1) is 11.8 Å². The maximum Gasteiger partial charge on any atom is 0.326 e. The monoisotopic (exact) mass is 171 g/mol. The van der Waals surface area contributed by atoms with Crippen molar-refractivity contribution in [1.82, 2.24) is 0 Å². The molecule has 0 aromatic carbocycles. The van der Waals surface area contributed by atoms with Crippen molar-refractivity contribution in [2.24, 2.45) is 17.6 Å². The highest BCUT2D eigenvalue weighted by atomic mass is 16.5. The zero-order chi connectivity index (χ0) is 9.35. The first-order valence-corrected chi connectivity index (χ1v) is 4.48. The molecule has 0 saturated heterocycles. The van der Waals surface area contributed by atoms with Crippen LogP contribution in [0.15, 0.2) is 0 Å². The van der Waals surface area contributed by atoms with Crippen molar-refractivity contribution >= 4 is 5.97 Å². The first-order valence-electron chi connectivity index (χ1n) is 4.48. The minimum absolute atomic E-state index is 0.233. The Morgan fingerprint density at radius 1 is 1.75 bits per heavy atom. The minimum Gasteiger partial charge on any atom is -0.465 e. The third kappa shape index (κ3) is 1.46. The van der Waals surface area contributed by atoms with Crippen molar-refractivity contribution in [2.45, 2.75) is 32.7 Å². The predicted molar refractivity (Wildman–Crippen MR) is 46.5 cm³/mol. The Hall–Kier alpha value is -0.570. The summed E-state index contributed by atoms with van der Waals surface area (Å²) in [5, 5.41) is 0. The summed E-state index contributed by atoms with van der Waals surface area (Å²) in [5.74, 6) is 0.555. The van der Waals surface area contributed by atoms with E-state index in [4.69, 9.17) is 10.5 Å². The van der Waals surface area contributed by atoms with Gasteiger partial charge < -0.3 is 10.5 Å². The van der Waals surface area contributed by atoms with Gasteiger partial charge in [-0.3, -0.25) is 4.79 Å². The molecule has 12 heavy (non-hydrogen) atoms. The van der Waals surface area contributed by atoms with E-state index in [1.54, 1.807) is 6.92 Å². The summed E-state index contributed by atoms with van der Waals surface area (Å²) in [4.78, 5) is 11.3. The molecule has 1 aliphatic carbocycles. The Morgan fingerprint density at radius 3 is 2.67 bits per heavy atom. The van der Waals surface area contributed by atoms with Gasteiger partial charge in [-0.2, -0.15) is 0 Å². The molecule has 2 unspecified atom stereocenters. The van der Waals surface area contributed by atoms with Crippen LogP contribution < -0.4 is 5.73 Å². The van der Waals surface area contributed by atoms with Crippen LogP contribution in [0.2, 0.25) is 0 Å². The fraction of sp³-hybridized carbons (Fsp3) is 0.889. The summed E-state index contributed by atoms with van der Waals surface area (Å²) >= 11 is 0. The number of esters is 1. The molecule has 0 bridgehead atoms. The van der Waals surface area contributed by atoms with Gasteiger partial charge in [0.25, 0.3) is 0 Å². The van der Waals surface area contributed by atoms with Crippen LogP contribution in [0.4, 0.5) is 0 Å². The number of nitrogens with two attached hydrogens (primary N) is 1. The van der Waals surface area contributed by atoms with Crippen molar-refractivity contribution in [3.63, 3.8) is 0 Å². The van der Waals surface area contributed by atoms with Gasteiger partial charge in [-0.05, 0) is 25.2 Å². The second kappa shape index (κ2) is 3.05. The van der Waals surface area contributed by atoms with Gasteiger partial charge in [0.15, 0.2) is 0 Å². The average molecular weight is 171 g/mol. The quantitative estimate of drug-likeness (QED) is 0.642. The third-order valence-corrected chi connectivity index (χ3v) is 2.52. The number of carbonyl (C=O) groups excluding carboxylic acids is 1. The van der Waals surface area contributed by atoms with Gasteiger partial charge in [0, 0.05) is 0 Å². The van der Waals surface area contributed by atoms with E-state index in [0.29, 0.717) is 18.4 Å². The number of rotatable bonds is 3. The number of carbonyl (C=O) groups is 1. The molecule has 70 valence electrons. The van der Waals surface area contributed by atoms with Gasteiger partial charge in [0.1, 0.15) is 5.54 Å². The maximum atomic E-state index is 11.3. The fourth-order valence-electron chi connectivity index (χ4n) is 1.64. The van der Waals surface area contributed by atoms with Crippen LogP contribution >= 0.6 is 0 Å². The normalized spacial score (nSPS) is 33.6. The Bertz CT molecular complexity index is 191. The summed E-state index contributed by atoms with van der Waals surface area (Å²) in [6.07, 6.45) is 0.781. The molecule has 0 aromatic rings. The Morgan fingerprint density at radius 2 is 2.33 bits per heavy atom. The third-order valence-electron chi connectivity index (χ3n) is 2.52. The highest BCUT2D eigenvalue weighted by Crippen LogP contribution is 2.46. The Labute approximate surface area is 73.3 Å². The second-order valence-electron chi connectivity index (χ2n) is 3.82. The van der Waals surface area contributed by atoms with E-state index in [1.807, 2.05) is 0 Å². The molecule has 0 spiro atoms. The molecule has 2 N–H and O–H groups in total. The van der Waals surface area contributed by atoms with Crippen molar-refractivity contribution in [2.75, 3.05) is 6.61 Å². The van der Waals surface area contributed by atoms with E-state index >= 15 is 0 Å². The molecule has 1 aliphatic rings. The predicted octanol–water partition coefficient (Wildman–Crippen LogP) is 0.923. The first-order chi connectivity index (χ1) is 5.52. The molecule has 1 saturated carbocycles. The van der Waals surface area contributed by atoms with Crippen LogP contribution in [0.1, 0.15) is 27.2 Å². The topological polar surface area (TPSA) is 52.3 Å². The van der Waals surface area contributed by atoms with E-state index in [2.05, 4.69) is 13.8 Å². The molecular weight excluding hydrogens is 154 g/mol. The number of ether oxygens (including phenoxy) is 1. The van der Waals surface area contributed by atoms with Crippen molar-refractivity contribution in [1.29, 1.82) is 0 Å². The molecule has 3 heteroatoms. The molecule has 0 aromatic heterocycles. The summed E-state index contributed by atoms with van der Waals surface area (Å²) in [7, 11) is 0. The van der Waals surface area contributed by atoms with Gasteiger partial charge in [0.05, 0.1) is 6.61 Å². The molecule has 1 rings (SSSR count). The summed E-state index contributed by atoms with van der Waals surface area (Å²) in [5.41, 5.74) is 5.18. The Kier molecular flexibility index (Phi) is 2.42. The van der Waals surface area contributed by atoms with Gasteiger partial charge in [-0.25, -0.2) is 0 Å². The Balaban J connectivity index is 2.49. The lowest BCUT2D eigenvalue weighted by atomic mass is 10.0. The van der Waals surface area contributed by atoms with Gasteiger partial charge in [-0.1, -0.05) is 13.8 Å². The van der Waals surface area contributed by atoms with Crippen LogP contribution in [0.25, 0.3) is 0 Å². The van der Waals surface area contributed by atoms with Crippen LogP contribution in [0.3, 0.4) is 0 Å². The summed E-state index contributed by atoms with van der Waals surface area (Å²) < 4.78 is 4.89. The lowest BCUT2D eigenvalue weighted by Crippen LogP contribution is -2.38. The average Bonchev–Trinajstić information content (AvgIpc) is 2.65. The molecular formula is C9H17NO2. The number of hydrogen-bond donors (Lipinski definition) is 1. The summed E-state index contributed by atoms with van der Waals surface area (Å²) in [6, 6.07) is 0. The molecule has 1 fully saturated rings. The second-order valence-corrected chi connectivity index (χ2v) is 3.82. The van der Waals surface area contributed by atoms with Crippen molar-refractivity contribution in [3.8, 4) is 0 Å². The van der Waals surface area contributed by atoms with E-state index in [-0.39, 0.29) is 5.97 Å². The molecule has 0 heterocycles. The standard InChI is InChI=1S/C9H17NO2/c1-4-12-8(11)9(10)5-7(9)6(2)3/h6-7H,4-5,10H2,1-3H3. The van der Waals surface area contributed by atoms with E-state index in [1.165, 1.54) is 0 Å². The largest absolute Gasteiger partial charge is 0.465 e. The lowest BCUT2D eigenvalue weighted by Gasteiger charge is -2.11. The SMILES string of the molecule is CCOC(=O)C1(N)CC1C(C)C. The van der Waals surface area contributed by atoms with Gasteiger partial charge in [-0.15, -0.1) is 0 Å². The van der Waals surface area contributed by atoms with E-state index < -0.39 is 5.54 Å². The lowest BCUT2D eigenvalue weighted by molar-refractivity contribution is -0.146. The maximum absolute atomic E-state index is 11.3. The zero-order valence-electron chi connectivity index (χ0n) is 7.96. The smallest absolute Gasteiger partial charge is 0.326 e. The van der Waals surface area contributed by atoms with E-state index in [0.717, 1.165) is 6.42 Å². The minimum atomic E-state index is -0.663. The molecule has 2 atom stereocenters. The van der Waals surface area contributed by atoms with Gasteiger partial charge >= 0.3 is 5.97 Å². The highest BCUT2D eigenvalue weighted by Gasteiger charge is 2.59. The molecule has 0 amide bonds. The van der Waals surface area contributed by atoms with Crippen molar-refractivity contribution in [3.05, 3.63) is 0 Å².